The molecule has 34 heavy (non-hydrogen) atoms. The van der Waals surface area contributed by atoms with Crippen molar-refractivity contribution in [3.63, 3.8) is 0 Å². The zero-order valence-electron chi connectivity index (χ0n) is 18.1. The summed E-state index contributed by atoms with van der Waals surface area (Å²) in [5.41, 5.74) is 2.62. The summed E-state index contributed by atoms with van der Waals surface area (Å²) < 4.78 is 30.3. The summed E-state index contributed by atoms with van der Waals surface area (Å²) in [5, 5.41) is 0.335. The fourth-order valence-corrected chi connectivity index (χ4v) is 4.80. The second kappa shape index (κ2) is 9.52. The Kier molecular flexibility index (Phi) is 6.14. The molecule has 0 spiro atoms. The molecule has 3 aromatic carbocycles. The molecule has 170 valence electrons. The van der Waals surface area contributed by atoms with Crippen molar-refractivity contribution >= 4 is 32.6 Å². The number of imidazole rings is 1. The standard InChI is InChI=1S/C26H20F2N4OS/c27-21-15-22(28)24-23(16-21)34-26(30-24)32(13-4-12-31-14-11-29-17-31)25(33)20-9-7-19(8-10-20)18-5-2-1-3-6-18/h1-3,5-11,14-17H,4,12-13H2. The predicted octanol–water partition coefficient (Wildman–Crippen LogP) is 6.18. The van der Waals surface area contributed by atoms with Gasteiger partial charge in [-0.2, -0.15) is 0 Å². The lowest BCUT2D eigenvalue weighted by atomic mass is 10.0. The van der Waals surface area contributed by atoms with E-state index in [1.807, 2.05) is 53.2 Å². The number of rotatable bonds is 7. The number of carbonyl (C=O) groups excluding carboxylic acids is 1. The van der Waals surface area contributed by atoms with Crippen molar-refractivity contribution in [2.24, 2.45) is 0 Å². The van der Waals surface area contributed by atoms with Crippen molar-refractivity contribution < 1.29 is 13.6 Å². The Morgan fingerprint density at radius 3 is 2.50 bits per heavy atom. The number of anilines is 1. The van der Waals surface area contributed by atoms with E-state index in [1.54, 1.807) is 24.7 Å². The summed E-state index contributed by atoms with van der Waals surface area (Å²) in [7, 11) is 0. The van der Waals surface area contributed by atoms with Crippen LogP contribution in [0.3, 0.4) is 0 Å². The average molecular weight is 475 g/mol. The van der Waals surface area contributed by atoms with Crippen molar-refractivity contribution in [3.8, 4) is 11.1 Å². The van der Waals surface area contributed by atoms with E-state index in [0.717, 1.165) is 28.5 Å². The first kappa shape index (κ1) is 21.9. The van der Waals surface area contributed by atoms with E-state index in [1.165, 1.54) is 11.0 Å². The number of hydrogen-bond donors (Lipinski definition) is 0. The molecule has 2 aromatic heterocycles. The summed E-state index contributed by atoms with van der Waals surface area (Å²) >= 11 is 1.10. The van der Waals surface area contributed by atoms with E-state index >= 15 is 0 Å². The Bertz CT molecular complexity index is 1420. The zero-order chi connectivity index (χ0) is 23.5. The number of benzene rings is 3. The molecule has 0 aliphatic rings. The van der Waals surface area contributed by atoms with Crippen LogP contribution < -0.4 is 4.90 Å². The zero-order valence-corrected chi connectivity index (χ0v) is 18.9. The first-order valence-electron chi connectivity index (χ1n) is 10.8. The molecular weight excluding hydrogens is 454 g/mol. The lowest BCUT2D eigenvalue weighted by Gasteiger charge is -2.20. The molecular formula is C26H20F2N4OS. The summed E-state index contributed by atoms with van der Waals surface area (Å²) in [6.45, 7) is 1.02. The van der Waals surface area contributed by atoms with Crippen LogP contribution in [-0.2, 0) is 6.54 Å². The Hall–Kier alpha value is -3.91. The number of thiazole rings is 1. The van der Waals surface area contributed by atoms with Gasteiger partial charge in [-0.25, -0.2) is 18.7 Å². The maximum atomic E-state index is 14.3. The van der Waals surface area contributed by atoms with Gasteiger partial charge < -0.3 is 4.57 Å². The Labute approximate surface area is 198 Å². The van der Waals surface area contributed by atoms with Gasteiger partial charge in [-0.3, -0.25) is 9.69 Å². The van der Waals surface area contributed by atoms with E-state index in [9.17, 15) is 13.6 Å². The highest BCUT2D eigenvalue weighted by Crippen LogP contribution is 2.32. The van der Waals surface area contributed by atoms with E-state index in [-0.39, 0.29) is 11.4 Å². The summed E-state index contributed by atoms with van der Waals surface area (Å²) in [6.07, 6.45) is 5.90. The Morgan fingerprint density at radius 2 is 1.76 bits per heavy atom. The molecule has 0 radical (unpaired) electrons. The minimum Gasteiger partial charge on any atom is -0.337 e. The van der Waals surface area contributed by atoms with Crippen molar-refractivity contribution in [2.45, 2.75) is 13.0 Å². The number of carbonyl (C=O) groups is 1. The molecule has 0 unspecified atom stereocenters. The molecule has 5 rings (SSSR count). The molecule has 5 aromatic rings. The molecule has 0 aliphatic heterocycles. The highest BCUT2D eigenvalue weighted by Gasteiger charge is 2.22. The Morgan fingerprint density at radius 1 is 1.00 bits per heavy atom. The van der Waals surface area contributed by atoms with Gasteiger partial charge in [-0.1, -0.05) is 53.8 Å². The average Bonchev–Trinajstić information content (AvgIpc) is 3.52. The van der Waals surface area contributed by atoms with Crippen LogP contribution in [0.1, 0.15) is 16.8 Å². The number of aromatic nitrogens is 3. The van der Waals surface area contributed by atoms with Gasteiger partial charge in [0.25, 0.3) is 5.91 Å². The highest BCUT2D eigenvalue weighted by atomic mass is 32.1. The minimum absolute atomic E-state index is 0.0632. The van der Waals surface area contributed by atoms with Gasteiger partial charge in [0.05, 0.1) is 11.0 Å². The van der Waals surface area contributed by atoms with E-state index < -0.39 is 11.6 Å². The number of amides is 1. The van der Waals surface area contributed by atoms with Gasteiger partial charge in [0.1, 0.15) is 11.3 Å². The molecule has 0 N–H and O–H groups in total. The highest BCUT2D eigenvalue weighted by molar-refractivity contribution is 7.22. The quantitative estimate of drug-likeness (QED) is 0.283. The van der Waals surface area contributed by atoms with E-state index in [0.29, 0.717) is 34.9 Å². The van der Waals surface area contributed by atoms with Gasteiger partial charge in [0, 0.05) is 37.1 Å². The summed E-state index contributed by atoms with van der Waals surface area (Å²) in [5.74, 6) is -1.66. The van der Waals surface area contributed by atoms with Gasteiger partial charge >= 0.3 is 0 Å². The molecule has 8 heteroatoms. The molecule has 0 fully saturated rings. The first-order valence-corrected chi connectivity index (χ1v) is 11.6. The van der Waals surface area contributed by atoms with Crippen LogP contribution in [0.5, 0.6) is 0 Å². The monoisotopic (exact) mass is 474 g/mol. The van der Waals surface area contributed by atoms with Crippen molar-refractivity contribution in [1.29, 1.82) is 0 Å². The maximum Gasteiger partial charge on any atom is 0.260 e. The molecule has 0 aliphatic carbocycles. The van der Waals surface area contributed by atoms with Crippen LogP contribution in [0.25, 0.3) is 21.3 Å². The van der Waals surface area contributed by atoms with Crippen LogP contribution in [0.4, 0.5) is 13.9 Å². The number of aryl methyl sites for hydroxylation is 1. The van der Waals surface area contributed by atoms with Crippen LogP contribution in [0.15, 0.2) is 85.5 Å². The fraction of sp³-hybridized carbons (Fsp3) is 0.115. The van der Waals surface area contributed by atoms with Crippen LogP contribution in [0.2, 0.25) is 0 Å². The topological polar surface area (TPSA) is 51.0 Å². The SMILES string of the molecule is O=C(c1ccc(-c2ccccc2)cc1)N(CCCn1ccnc1)c1nc2c(F)cc(F)cc2s1. The molecule has 0 saturated heterocycles. The van der Waals surface area contributed by atoms with Crippen molar-refractivity contribution in [3.05, 3.63) is 103 Å². The van der Waals surface area contributed by atoms with Gasteiger partial charge in [0.15, 0.2) is 10.9 Å². The predicted molar refractivity (Wildman–Crippen MR) is 130 cm³/mol. The van der Waals surface area contributed by atoms with E-state index in [2.05, 4.69) is 9.97 Å². The lowest BCUT2D eigenvalue weighted by molar-refractivity contribution is 0.0986. The summed E-state index contributed by atoms with van der Waals surface area (Å²) in [4.78, 5) is 23.4. The molecule has 5 nitrogen and oxygen atoms in total. The van der Waals surface area contributed by atoms with Crippen molar-refractivity contribution in [1.82, 2.24) is 14.5 Å². The normalized spacial score (nSPS) is 11.1. The maximum absolute atomic E-state index is 14.3. The largest absolute Gasteiger partial charge is 0.337 e. The second-order valence-electron chi connectivity index (χ2n) is 7.79. The third-order valence-electron chi connectivity index (χ3n) is 5.47. The number of halogens is 2. The van der Waals surface area contributed by atoms with Gasteiger partial charge in [-0.15, -0.1) is 0 Å². The molecule has 0 bridgehead atoms. The van der Waals surface area contributed by atoms with Crippen LogP contribution in [0, 0.1) is 11.6 Å². The number of hydrogen-bond acceptors (Lipinski definition) is 4. The molecule has 1 amide bonds. The minimum atomic E-state index is -0.740. The second-order valence-corrected chi connectivity index (χ2v) is 8.79. The summed E-state index contributed by atoms with van der Waals surface area (Å²) in [6, 6.07) is 19.3. The molecule has 0 saturated carbocycles. The molecule has 2 heterocycles. The van der Waals surface area contributed by atoms with Crippen LogP contribution in [-0.4, -0.2) is 27.0 Å². The number of fused-ring (bicyclic) bond motifs is 1. The number of nitrogens with zero attached hydrogens (tertiary/aromatic N) is 4. The first-order chi connectivity index (χ1) is 16.6. The third kappa shape index (κ3) is 4.58. The third-order valence-corrected chi connectivity index (χ3v) is 6.50. The van der Waals surface area contributed by atoms with Crippen molar-refractivity contribution in [2.75, 3.05) is 11.4 Å². The smallest absolute Gasteiger partial charge is 0.260 e. The fourth-order valence-electron chi connectivity index (χ4n) is 3.77. The molecule has 0 atom stereocenters. The lowest BCUT2D eigenvalue weighted by Crippen LogP contribution is -2.32. The van der Waals surface area contributed by atoms with Gasteiger partial charge in [-0.05, 0) is 35.7 Å². The van der Waals surface area contributed by atoms with Gasteiger partial charge in [0.2, 0.25) is 0 Å². The van der Waals surface area contributed by atoms with Crippen LogP contribution >= 0.6 is 11.3 Å². The van der Waals surface area contributed by atoms with E-state index in [4.69, 9.17) is 0 Å². The Balaban J connectivity index is 1.44.